The molecule has 10 atom stereocenters. The molecule has 4 fully saturated rings. The molecule has 5 aliphatic rings. The van der Waals surface area contributed by atoms with Crippen molar-refractivity contribution in [2.24, 2.45) is 46.3 Å². The van der Waals surface area contributed by atoms with E-state index in [4.69, 9.17) is 19.2 Å². The Hall–Kier alpha value is -4.03. The van der Waals surface area contributed by atoms with Crippen LogP contribution in [0.4, 0.5) is 5.13 Å². The number of aromatic nitrogens is 2. The third-order valence-corrected chi connectivity index (χ3v) is 17.6. The Bertz CT molecular complexity index is 2170. The zero-order valence-corrected chi connectivity index (χ0v) is 40.7. The Kier molecular flexibility index (Phi) is 15.2. The lowest BCUT2D eigenvalue weighted by molar-refractivity contribution is -0.152. The Balaban J connectivity index is 0.746. The maximum absolute atomic E-state index is 13.0. The summed E-state index contributed by atoms with van der Waals surface area (Å²) in [5.74, 6) is 5.37. The van der Waals surface area contributed by atoms with E-state index in [1.165, 1.54) is 69.1 Å². The van der Waals surface area contributed by atoms with E-state index in [0.717, 1.165) is 89.4 Å². The van der Waals surface area contributed by atoms with Gasteiger partial charge in [-0.25, -0.2) is 4.98 Å². The van der Waals surface area contributed by atoms with Gasteiger partial charge in [0.25, 0.3) is 5.91 Å². The molecule has 2 amide bonds. The van der Waals surface area contributed by atoms with E-state index in [2.05, 4.69) is 61.6 Å². The van der Waals surface area contributed by atoms with Crippen molar-refractivity contribution >= 4 is 44.5 Å². The topological polar surface area (TPSA) is 141 Å². The molecule has 0 saturated heterocycles. The van der Waals surface area contributed by atoms with E-state index in [0.29, 0.717) is 35.5 Å². The maximum Gasteiger partial charge on any atom is 0.306 e. The van der Waals surface area contributed by atoms with Crippen LogP contribution in [0, 0.1) is 46.3 Å². The van der Waals surface area contributed by atoms with E-state index in [-0.39, 0.29) is 54.6 Å². The van der Waals surface area contributed by atoms with Crippen molar-refractivity contribution < 1.29 is 28.6 Å². The van der Waals surface area contributed by atoms with Crippen molar-refractivity contribution in [1.82, 2.24) is 20.6 Å². The predicted molar refractivity (Wildman–Crippen MR) is 258 cm³/mol. The van der Waals surface area contributed by atoms with Crippen LogP contribution in [0.3, 0.4) is 0 Å². The van der Waals surface area contributed by atoms with Crippen molar-refractivity contribution in [3.8, 4) is 11.5 Å². The molecule has 12 heteroatoms. The average Bonchev–Trinajstić information content (AvgIpc) is 3.87. The Labute approximate surface area is 391 Å². The standard InChI is InChI=1S/C53H75N5O6S/c1-33(2)10-9-11-34(3)40-17-18-41-39-16-14-35-30-36(22-25-52(35,4)42(39)23-26-53(40,41)5)62-29-28-56-48(59)20-21-49(60)64-46-13-8-7-12-43(46)57-51-58-44-19-15-37(32-47(44)65-51)63-38-24-27-55-45(31-38)50(61)54-6/h14-15,19,24,27,31-34,36,39-43,46H,7-13,16-18,20-23,25-26,28-30H2,1-6H3,(H,54,61)(H,56,59)(H,57,58)/t34-,36+,39?,40-,41?,42?,43+,46?,52+,53-/m1/s1. The van der Waals surface area contributed by atoms with Gasteiger partial charge in [-0.3, -0.25) is 19.4 Å². The van der Waals surface area contributed by atoms with Crippen molar-refractivity contribution in [2.45, 2.75) is 162 Å². The minimum atomic E-state index is -0.355. The third kappa shape index (κ3) is 10.9. The molecule has 8 rings (SSSR count). The smallest absolute Gasteiger partial charge is 0.306 e. The number of nitrogens with zero attached hydrogens (tertiary/aromatic N) is 2. The molecule has 11 nitrogen and oxygen atoms in total. The van der Waals surface area contributed by atoms with E-state index in [1.54, 1.807) is 31.0 Å². The van der Waals surface area contributed by atoms with Crippen molar-refractivity contribution in [3.63, 3.8) is 0 Å². The summed E-state index contributed by atoms with van der Waals surface area (Å²) >= 11 is 1.51. The summed E-state index contributed by atoms with van der Waals surface area (Å²) < 4.78 is 19.4. The first-order valence-electron chi connectivity index (χ1n) is 25.1. The molecule has 2 heterocycles. The number of fused-ring (bicyclic) bond motifs is 6. The van der Waals surface area contributed by atoms with Crippen molar-refractivity contribution in [1.29, 1.82) is 0 Å². The van der Waals surface area contributed by atoms with Crippen LogP contribution in [0.25, 0.3) is 10.2 Å². The fourth-order valence-electron chi connectivity index (χ4n) is 13.2. The number of carbonyl (C=O) groups is 3. The zero-order valence-electron chi connectivity index (χ0n) is 39.9. The molecule has 0 radical (unpaired) electrons. The summed E-state index contributed by atoms with van der Waals surface area (Å²) in [6.07, 6.45) is 22.2. The van der Waals surface area contributed by atoms with Crippen LogP contribution in [0.15, 0.2) is 48.2 Å². The van der Waals surface area contributed by atoms with Crippen LogP contribution in [-0.2, 0) is 19.1 Å². The number of hydrogen-bond donors (Lipinski definition) is 3. The maximum atomic E-state index is 13.0. The van der Waals surface area contributed by atoms with Crippen LogP contribution in [0.1, 0.15) is 154 Å². The highest BCUT2D eigenvalue weighted by atomic mass is 32.1. The molecule has 0 bridgehead atoms. The first kappa shape index (κ1) is 47.5. The van der Waals surface area contributed by atoms with Crippen LogP contribution < -0.4 is 20.7 Å². The molecule has 0 aliphatic heterocycles. The number of hydrogen-bond acceptors (Lipinski definition) is 10. The third-order valence-electron chi connectivity index (χ3n) is 16.7. The number of benzene rings is 1. The first-order valence-corrected chi connectivity index (χ1v) is 25.9. The van der Waals surface area contributed by atoms with Gasteiger partial charge in [-0.1, -0.05) is 83.3 Å². The molecule has 0 spiro atoms. The quantitative estimate of drug-likeness (QED) is 0.0646. The molecule has 4 unspecified atom stereocenters. The first-order chi connectivity index (χ1) is 31.3. The van der Waals surface area contributed by atoms with Crippen LogP contribution in [-0.4, -0.2) is 66.2 Å². The number of amides is 2. The Morgan fingerprint density at radius 2 is 1.75 bits per heavy atom. The fraction of sp³-hybridized carbons (Fsp3) is 0.679. The van der Waals surface area contributed by atoms with Crippen molar-refractivity contribution in [2.75, 3.05) is 25.5 Å². The summed E-state index contributed by atoms with van der Waals surface area (Å²) in [5, 5.41) is 9.84. The molecule has 1 aromatic carbocycles. The molecule has 3 aromatic rings. The summed E-state index contributed by atoms with van der Waals surface area (Å²) in [4.78, 5) is 46.8. The lowest BCUT2D eigenvalue weighted by Gasteiger charge is -2.58. The second-order valence-corrected chi connectivity index (χ2v) is 22.2. The number of allylic oxidation sites excluding steroid dienone is 1. The summed E-state index contributed by atoms with van der Waals surface area (Å²) in [7, 11) is 1.56. The summed E-state index contributed by atoms with van der Waals surface area (Å²) in [5.41, 5.74) is 3.54. The van der Waals surface area contributed by atoms with Crippen LogP contribution >= 0.6 is 11.3 Å². The number of thiazole rings is 1. The van der Waals surface area contributed by atoms with E-state index in [9.17, 15) is 14.4 Å². The monoisotopic (exact) mass is 910 g/mol. The molecular weight excluding hydrogens is 835 g/mol. The van der Waals surface area contributed by atoms with Crippen LogP contribution in [0.2, 0.25) is 0 Å². The lowest BCUT2D eigenvalue weighted by atomic mass is 9.47. The minimum absolute atomic E-state index is 0.0391. The second-order valence-electron chi connectivity index (χ2n) is 21.1. The number of ether oxygens (including phenoxy) is 3. The highest BCUT2D eigenvalue weighted by molar-refractivity contribution is 7.22. The number of anilines is 1. The second kappa shape index (κ2) is 20.9. The van der Waals surface area contributed by atoms with Gasteiger partial charge in [0, 0.05) is 38.3 Å². The fourth-order valence-corrected chi connectivity index (χ4v) is 14.2. The molecule has 4 saturated carbocycles. The number of esters is 1. The van der Waals surface area contributed by atoms with Gasteiger partial charge in [0.15, 0.2) is 5.13 Å². The molecule has 2 aromatic heterocycles. The van der Waals surface area contributed by atoms with Crippen molar-refractivity contribution in [3.05, 3.63) is 53.9 Å². The summed E-state index contributed by atoms with van der Waals surface area (Å²) in [6.45, 7) is 13.5. The number of carbonyl (C=O) groups excluding carboxylic acids is 3. The van der Waals surface area contributed by atoms with E-state index < -0.39 is 0 Å². The average molecular weight is 910 g/mol. The number of rotatable bonds is 18. The highest BCUT2D eigenvalue weighted by Crippen LogP contribution is 2.67. The molecule has 354 valence electrons. The molecular formula is C53H75N5O6S. The highest BCUT2D eigenvalue weighted by Gasteiger charge is 2.59. The minimum Gasteiger partial charge on any atom is -0.460 e. The van der Waals surface area contributed by atoms with Crippen LogP contribution in [0.5, 0.6) is 11.5 Å². The number of nitrogens with one attached hydrogen (secondary N) is 3. The van der Waals surface area contributed by atoms with E-state index in [1.807, 2.05) is 18.2 Å². The van der Waals surface area contributed by atoms with Gasteiger partial charge in [-0.15, -0.1) is 0 Å². The molecule has 3 N–H and O–H groups in total. The largest absolute Gasteiger partial charge is 0.460 e. The lowest BCUT2D eigenvalue weighted by Crippen LogP contribution is -2.51. The molecule has 5 aliphatic carbocycles. The number of pyridine rings is 1. The van der Waals surface area contributed by atoms with Gasteiger partial charge in [0.2, 0.25) is 5.91 Å². The SMILES string of the molecule is CNC(=O)c1cc(Oc2ccc3nc(N[C@H]4CCCCC4OC(=O)CCC(=O)NCCO[C@H]4CC[C@@]5(C)C(=CCC6C5CC[C@@]5(C)C6CC[C@@H]5[C@H](C)CCCC(C)C)C4)sc3c2)ccn1. The molecule has 65 heavy (non-hydrogen) atoms. The zero-order chi connectivity index (χ0) is 45.7. The van der Waals surface area contributed by atoms with Gasteiger partial charge in [0.05, 0.1) is 35.4 Å². The van der Waals surface area contributed by atoms with Gasteiger partial charge in [0.1, 0.15) is 23.3 Å². The normalized spacial score (nSPS) is 30.1. The Morgan fingerprint density at radius 1 is 0.923 bits per heavy atom. The van der Waals surface area contributed by atoms with E-state index >= 15 is 0 Å². The Morgan fingerprint density at radius 3 is 2.58 bits per heavy atom. The van der Waals surface area contributed by atoms with Gasteiger partial charge < -0.3 is 30.2 Å². The predicted octanol–water partition coefficient (Wildman–Crippen LogP) is 11.4. The van der Waals surface area contributed by atoms with Gasteiger partial charge >= 0.3 is 5.97 Å². The van der Waals surface area contributed by atoms with Gasteiger partial charge in [-0.05, 0) is 135 Å². The van der Waals surface area contributed by atoms with Gasteiger partial charge in [-0.2, -0.15) is 0 Å². The summed E-state index contributed by atoms with van der Waals surface area (Å²) in [6, 6.07) is 8.90.